The minimum absolute atomic E-state index is 0.280. The van der Waals surface area contributed by atoms with Crippen molar-refractivity contribution in [3.8, 4) is 0 Å². The molecule has 5 rings (SSSR count). The van der Waals surface area contributed by atoms with Crippen molar-refractivity contribution in [2.24, 2.45) is 0 Å². The molecule has 2 aromatic carbocycles. The summed E-state index contributed by atoms with van der Waals surface area (Å²) < 4.78 is 23.3. The van der Waals surface area contributed by atoms with Crippen molar-refractivity contribution in [1.29, 1.82) is 0 Å². The standard InChI is InChI=1S/C22H21ClN6O2S2/c1-33(30,31)16-5-3-15(4-6-16)26-22(32)29-10-8-28(9-11-29)21-19-17-12-14(23)2-7-18(17)27-20(19)24-13-25-21/h2-7,12-13H,8-11H2,1H3,(H,26,32)(H,24,25,27). The third kappa shape index (κ3) is 4.33. The molecule has 1 aliphatic heterocycles. The highest BCUT2D eigenvalue weighted by atomic mass is 35.5. The Kier molecular flexibility index (Phi) is 5.59. The lowest BCUT2D eigenvalue weighted by molar-refractivity contribution is 0.390. The van der Waals surface area contributed by atoms with Crippen LogP contribution in [0.25, 0.3) is 21.9 Å². The Morgan fingerprint density at radius 1 is 1.09 bits per heavy atom. The van der Waals surface area contributed by atoms with Crippen LogP contribution in [0.5, 0.6) is 0 Å². The molecule has 0 saturated carbocycles. The van der Waals surface area contributed by atoms with E-state index in [0.29, 0.717) is 10.1 Å². The first-order valence-corrected chi connectivity index (χ1v) is 13.0. The maximum absolute atomic E-state index is 11.6. The first kappa shape index (κ1) is 21.9. The molecule has 4 aromatic rings. The normalized spacial score (nSPS) is 14.7. The second kappa shape index (κ2) is 8.44. The van der Waals surface area contributed by atoms with Gasteiger partial charge in [0, 0.05) is 54.0 Å². The molecule has 1 fully saturated rings. The average molecular weight is 501 g/mol. The van der Waals surface area contributed by atoms with Gasteiger partial charge in [0.25, 0.3) is 0 Å². The fourth-order valence-electron chi connectivity index (χ4n) is 4.03. The molecular weight excluding hydrogens is 480 g/mol. The molecule has 0 spiro atoms. The fraction of sp³-hybridized carbons (Fsp3) is 0.227. The zero-order valence-electron chi connectivity index (χ0n) is 17.7. The Morgan fingerprint density at radius 2 is 1.82 bits per heavy atom. The van der Waals surface area contributed by atoms with E-state index in [9.17, 15) is 8.42 Å². The van der Waals surface area contributed by atoms with Crippen LogP contribution in [0.4, 0.5) is 11.5 Å². The Bertz CT molecular complexity index is 1460. The van der Waals surface area contributed by atoms with Crippen molar-refractivity contribution in [3.05, 3.63) is 53.8 Å². The number of halogens is 1. The molecule has 2 aromatic heterocycles. The molecule has 2 N–H and O–H groups in total. The molecule has 0 unspecified atom stereocenters. The summed E-state index contributed by atoms with van der Waals surface area (Å²) in [5.41, 5.74) is 2.51. The van der Waals surface area contributed by atoms with Crippen molar-refractivity contribution in [1.82, 2.24) is 19.9 Å². The highest BCUT2D eigenvalue weighted by Crippen LogP contribution is 2.33. The van der Waals surface area contributed by atoms with Gasteiger partial charge in [0.1, 0.15) is 17.8 Å². The van der Waals surface area contributed by atoms with Crippen LogP contribution in [0.2, 0.25) is 5.02 Å². The van der Waals surface area contributed by atoms with Gasteiger partial charge < -0.3 is 20.1 Å². The largest absolute Gasteiger partial charge is 0.352 e. The van der Waals surface area contributed by atoms with Gasteiger partial charge in [0.15, 0.2) is 14.9 Å². The van der Waals surface area contributed by atoms with Crippen LogP contribution in [-0.4, -0.2) is 65.8 Å². The van der Waals surface area contributed by atoms with Crippen LogP contribution >= 0.6 is 23.8 Å². The molecule has 3 heterocycles. The predicted molar refractivity (Wildman–Crippen MR) is 136 cm³/mol. The van der Waals surface area contributed by atoms with Gasteiger partial charge >= 0.3 is 0 Å². The van der Waals surface area contributed by atoms with E-state index in [1.807, 2.05) is 18.2 Å². The third-order valence-corrected chi connectivity index (χ3v) is 7.46. The van der Waals surface area contributed by atoms with Gasteiger partial charge in [-0.1, -0.05) is 11.6 Å². The van der Waals surface area contributed by atoms with Crippen LogP contribution in [0.15, 0.2) is 53.7 Å². The van der Waals surface area contributed by atoms with E-state index in [1.54, 1.807) is 30.6 Å². The number of piperazine rings is 1. The van der Waals surface area contributed by atoms with E-state index in [1.165, 1.54) is 6.26 Å². The maximum Gasteiger partial charge on any atom is 0.175 e. The summed E-state index contributed by atoms with van der Waals surface area (Å²) >= 11 is 11.8. The van der Waals surface area contributed by atoms with E-state index < -0.39 is 9.84 Å². The summed E-state index contributed by atoms with van der Waals surface area (Å²) in [6.45, 7) is 2.94. The van der Waals surface area contributed by atoms with Gasteiger partial charge in [-0.05, 0) is 54.7 Å². The van der Waals surface area contributed by atoms with Crippen LogP contribution in [0.3, 0.4) is 0 Å². The van der Waals surface area contributed by atoms with Crippen LogP contribution in [0.1, 0.15) is 0 Å². The molecule has 170 valence electrons. The number of hydrogen-bond acceptors (Lipinski definition) is 6. The van der Waals surface area contributed by atoms with E-state index in [0.717, 1.165) is 59.6 Å². The van der Waals surface area contributed by atoms with Gasteiger partial charge in [-0.2, -0.15) is 0 Å². The number of thiocarbonyl (C=S) groups is 1. The monoisotopic (exact) mass is 500 g/mol. The summed E-state index contributed by atoms with van der Waals surface area (Å²) in [6.07, 6.45) is 2.77. The Balaban J connectivity index is 1.30. The number of sulfone groups is 1. The van der Waals surface area contributed by atoms with E-state index in [4.69, 9.17) is 23.8 Å². The number of nitrogens with one attached hydrogen (secondary N) is 2. The van der Waals surface area contributed by atoms with E-state index in [2.05, 4.69) is 30.1 Å². The lowest BCUT2D eigenvalue weighted by atomic mass is 10.2. The highest BCUT2D eigenvalue weighted by molar-refractivity contribution is 7.90. The van der Waals surface area contributed by atoms with Crippen molar-refractivity contribution in [2.45, 2.75) is 4.90 Å². The van der Waals surface area contributed by atoms with Gasteiger partial charge in [0.2, 0.25) is 0 Å². The summed E-state index contributed by atoms with van der Waals surface area (Å²) in [7, 11) is -3.23. The van der Waals surface area contributed by atoms with Crippen molar-refractivity contribution in [3.63, 3.8) is 0 Å². The topological polar surface area (TPSA) is 94.2 Å². The minimum atomic E-state index is -3.23. The van der Waals surface area contributed by atoms with Gasteiger partial charge in [-0.25, -0.2) is 18.4 Å². The lowest BCUT2D eigenvalue weighted by Gasteiger charge is -2.37. The van der Waals surface area contributed by atoms with Crippen LogP contribution in [0, 0.1) is 0 Å². The summed E-state index contributed by atoms with van der Waals surface area (Å²) in [4.78, 5) is 16.9. The van der Waals surface area contributed by atoms with Gasteiger partial charge in [-0.15, -0.1) is 0 Å². The molecule has 8 nitrogen and oxygen atoms in total. The summed E-state index contributed by atoms with van der Waals surface area (Å²) in [6, 6.07) is 12.3. The van der Waals surface area contributed by atoms with Crippen molar-refractivity contribution < 1.29 is 8.42 Å². The molecule has 0 atom stereocenters. The summed E-state index contributed by atoms with van der Waals surface area (Å²) in [5.74, 6) is 0.878. The van der Waals surface area contributed by atoms with Gasteiger partial charge in [0.05, 0.1) is 10.3 Å². The molecular formula is C22H21ClN6O2S2. The number of nitrogens with zero attached hydrogens (tertiary/aromatic N) is 4. The van der Waals surface area contributed by atoms with E-state index >= 15 is 0 Å². The van der Waals surface area contributed by atoms with E-state index in [-0.39, 0.29) is 4.90 Å². The SMILES string of the molecule is CS(=O)(=O)c1ccc(NC(=S)N2CCN(c3ncnc4[nH]c5ccc(Cl)cc5c34)CC2)cc1. The molecule has 1 aliphatic rings. The lowest BCUT2D eigenvalue weighted by Crippen LogP contribution is -2.50. The number of fused-ring (bicyclic) bond motifs is 3. The molecule has 0 bridgehead atoms. The number of anilines is 2. The van der Waals surface area contributed by atoms with Crippen LogP contribution < -0.4 is 10.2 Å². The molecule has 1 saturated heterocycles. The zero-order valence-corrected chi connectivity index (χ0v) is 20.1. The Morgan fingerprint density at radius 3 is 2.52 bits per heavy atom. The number of rotatable bonds is 3. The first-order chi connectivity index (χ1) is 15.8. The number of aromatic nitrogens is 3. The Labute approximate surface area is 201 Å². The maximum atomic E-state index is 11.6. The first-order valence-electron chi connectivity index (χ1n) is 10.3. The van der Waals surface area contributed by atoms with Crippen molar-refractivity contribution in [2.75, 3.05) is 42.7 Å². The van der Waals surface area contributed by atoms with Crippen molar-refractivity contribution >= 4 is 72.2 Å². The second-order valence-electron chi connectivity index (χ2n) is 7.94. The zero-order chi connectivity index (χ0) is 23.2. The minimum Gasteiger partial charge on any atom is -0.352 e. The third-order valence-electron chi connectivity index (χ3n) is 5.73. The summed E-state index contributed by atoms with van der Waals surface area (Å²) in [5, 5.41) is 6.45. The number of benzene rings is 2. The smallest absolute Gasteiger partial charge is 0.175 e. The molecule has 0 radical (unpaired) electrons. The Hall–Kier alpha value is -2.95. The molecule has 11 heteroatoms. The quantitative estimate of drug-likeness (QED) is 0.411. The average Bonchev–Trinajstić information content (AvgIpc) is 3.17. The number of aromatic amines is 1. The second-order valence-corrected chi connectivity index (χ2v) is 10.8. The number of H-pyrrole nitrogens is 1. The molecule has 0 aliphatic carbocycles. The fourth-order valence-corrected chi connectivity index (χ4v) is 5.13. The highest BCUT2D eigenvalue weighted by Gasteiger charge is 2.23. The molecule has 33 heavy (non-hydrogen) atoms. The van der Waals surface area contributed by atoms with Gasteiger partial charge in [-0.3, -0.25) is 0 Å². The van der Waals surface area contributed by atoms with Crippen LogP contribution in [-0.2, 0) is 9.84 Å². The molecule has 0 amide bonds. The predicted octanol–water partition coefficient (Wildman–Crippen LogP) is 3.69. The number of hydrogen-bond donors (Lipinski definition) is 2.